The lowest BCUT2D eigenvalue weighted by atomic mass is 10.1. The van der Waals surface area contributed by atoms with Crippen LogP contribution in [0.4, 0.5) is 15.8 Å². The Balaban J connectivity index is 1.53. The molecular formula is C24H16ClFN2O5. The van der Waals surface area contributed by atoms with E-state index in [9.17, 15) is 23.6 Å². The van der Waals surface area contributed by atoms with Gasteiger partial charge in [0.2, 0.25) is 5.91 Å². The molecule has 0 radical (unpaired) electrons. The lowest BCUT2D eigenvalue weighted by Gasteiger charge is -2.14. The molecule has 166 valence electrons. The van der Waals surface area contributed by atoms with Gasteiger partial charge in [-0.05, 0) is 54.6 Å². The van der Waals surface area contributed by atoms with E-state index in [4.69, 9.17) is 16.3 Å². The molecule has 7 nitrogen and oxygen atoms in total. The quantitative estimate of drug-likeness (QED) is 0.438. The van der Waals surface area contributed by atoms with Crippen LogP contribution in [0.2, 0.25) is 5.02 Å². The Bertz CT molecular complexity index is 1290. The van der Waals surface area contributed by atoms with Gasteiger partial charge in [-0.2, -0.15) is 0 Å². The molecular weight excluding hydrogens is 451 g/mol. The molecule has 0 saturated carbocycles. The zero-order chi connectivity index (χ0) is 23.7. The number of hydrogen-bond acceptors (Lipinski definition) is 5. The predicted molar refractivity (Wildman–Crippen MR) is 119 cm³/mol. The Morgan fingerprint density at radius 1 is 1.00 bits per heavy atom. The lowest BCUT2D eigenvalue weighted by molar-refractivity contribution is -0.114. The molecule has 0 spiro atoms. The highest BCUT2D eigenvalue weighted by Crippen LogP contribution is 2.30. The topological polar surface area (TPSA) is 92.8 Å². The molecule has 0 atom stereocenters. The van der Waals surface area contributed by atoms with Gasteiger partial charge in [-0.3, -0.25) is 14.4 Å². The number of fused-ring (bicyclic) bond motifs is 1. The summed E-state index contributed by atoms with van der Waals surface area (Å²) < 4.78 is 19.0. The summed E-state index contributed by atoms with van der Waals surface area (Å²) in [6, 6.07) is 14.3. The van der Waals surface area contributed by atoms with Gasteiger partial charge in [0.05, 0.1) is 27.4 Å². The Morgan fingerprint density at radius 3 is 2.36 bits per heavy atom. The van der Waals surface area contributed by atoms with Gasteiger partial charge in [0.25, 0.3) is 11.8 Å². The maximum atomic E-state index is 13.9. The smallest absolute Gasteiger partial charge is 0.338 e. The molecule has 3 amide bonds. The van der Waals surface area contributed by atoms with Crippen LogP contribution in [0, 0.1) is 5.82 Å². The molecule has 4 rings (SSSR count). The van der Waals surface area contributed by atoms with Gasteiger partial charge in [-0.25, -0.2) is 14.1 Å². The summed E-state index contributed by atoms with van der Waals surface area (Å²) in [5.41, 5.74) is 1.08. The zero-order valence-corrected chi connectivity index (χ0v) is 18.0. The number of imide groups is 1. The van der Waals surface area contributed by atoms with Crippen LogP contribution >= 0.6 is 11.6 Å². The highest BCUT2D eigenvalue weighted by atomic mass is 35.5. The highest BCUT2D eigenvalue weighted by molar-refractivity contribution is 6.34. The number of amides is 3. The number of anilines is 2. The molecule has 9 heteroatoms. The molecule has 0 fully saturated rings. The van der Waals surface area contributed by atoms with Crippen molar-refractivity contribution in [3.63, 3.8) is 0 Å². The molecule has 0 bridgehead atoms. The number of esters is 1. The van der Waals surface area contributed by atoms with Crippen LogP contribution in [0.25, 0.3) is 0 Å². The van der Waals surface area contributed by atoms with Crippen molar-refractivity contribution in [2.45, 2.75) is 13.5 Å². The van der Waals surface area contributed by atoms with Crippen molar-refractivity contribution in [1.82, 2.24) is 0 Å². The lowest BCUT2D eigenvalue weighted by Crippen LogP contribution is -2.29. The molecule has 1 heterocycles. The molecule has 1 N–H and O–H groups in total. The van der Waals surface area contributed by atoms with E-state index in [1.54, 1.807) is 12.1 Å². The van der Waals surface area contributed by atoms with Gasteiger partial charge < -0.3 is 10.1 Å². The molecule has 3 aromatic rings. The van der Waals surface area contributed by atoms with E-state index in [1.807, 2.05) is 0 Å². The first-order chi connectivity index (χ1) is 15.8. The third-order valence-electron chi connectivity index (χ3n) is 4.98. The third-order valence-corrected chi connectivity index (χ3v) is 5.33. The second-order valence-electron chi connectivity index (χ2n) is 7.21. The van der Waals surface area contributed by atoms with E-state index in [1.165, 1.54) is 55.5 Å². The molecule has 1 aliphatic heterocycles. The van der Waals surface area contributed by atoms with Crippen LogP contribution in [-0.2, 0) is 16.1 Å². The number of carbonyl (C=O) groups is 4. The summed E-state index contributed by atoms with van der Waals surface area (Å²) in [7, 11) is 0. The van der Waals surface area contributed by atoms with Gasteiger partial charge in [0, 0.05) is 18.2 Å². The number of rotatable bonds is 5. The number of hydrogen-bond donors (Lipinski definition) is 1. The van der Waals surface area contributed by atoms with E-state index in [-0.39, 0.29) is 39.8 Å². The Hall–Kier alpha value is -4.04. The number of carbonyl (C=O) groups excluding carboxylic acids is 4. The zero-order valence-electron chi connectivity index (χ0n) is 17.2. The van der Waals surface area contributed by atoms with E-state index in [2.05, 4.69) is 5.32 Å². The van der Waals surface area contributed by atoms with Crippen molar-refractivity contribution in [3.05, 3.63) is 93.8 Å². The fraction of sp³-hybridized carbons (Fsp3) is 0.0833. The number of ether oxygens (including phenoxy) is 1. The first-order valence-corrected chi connectivity index (χ1v) is 10.1. The number of halogens is 2. The van der Waals surface area contributed by atoms with Gasteiger partial charge in [0.15, 0.2) is 0 Å². The van der Waals surface area contributed by atoms with Gasteiger partial charge in [-0.1, -0.05) is 17.7 Å². The summed E-state index contributed by atoms with van der Waals surface area (Å²) in [6.07, 6.45) is 0. The fourth-order valence-electron chi connectivity index (χ4n) is 3.39. The summed E-state index contributed by atoms with van der Waals surface area (Å²) in [4.78, 5) is 50.3. The van der Waals surface area contributed by atoms with Crippen molar-refractivity contribution in [1.29, 1.82) is 0 Å². The normalized spacial score (nSPS) is 12.5. The van der Waals surface area contributed by atoms with E-state index < -0.39 is 23.6 Å². The van der Waals surface area contributed by atoms with Crippen LogP contribution in [0.3, 0.4) is 0 Å². The average molecular weight is 467 g/mol. The molecule has 0 aliphatic carbocycles. The molecule has 0 unspecified atom stereocenters. The van der Waals surface area contributed by atoms with Crippen LogP contribution in [0.15, 0.2) is 60.7 Å². The summed E-state index contributed by atoms with van der Waals surface area (Å²) in [5.74, 6) is -2.80. The highest BCUT2D eigenvalue weighted by Gasteiger charge is 2.37. The average Bonchev–Trinajstić information content (AvgIpc) is 3.03. The molecule has 3 aromatic carbocycles. The fourth-order valence-corrected chi connectivity index (χ4v) is 3.61. The second kappa shape index (κ2) is 8.84. The van der Waals surface area contributed by atoms with Crippen molar-refractivity contribution >= 4 is 46.7 Å². The molecule has 1 aliphatic rings. The first-order valence-electron chi connectivity index (χ1n) is 9.77. The Kier molecular flexibility index (Phi) is 5.93. The van der Waals surface area contributed by atoms with Crippen LogP contribution in [0.5, 0.6) is 0 Å². The molecule has 33 heavy (non-hydrogen) atoms. The van der Waals surface area contributed by atoms with Crippen molar-refractivity contribution in [3.8, 4) is 0 Å². The summed E-state index contributed by atoms with van der Waals surface area (Å²) >= 11 is 5.94. The minimum Gasteiger partial charge on any atom is -0.457 e. The second-order valence-corrected chi connectivity index (χ2v) is 7.62. The van der Waals surface area contributed by atoms with Gasteiger partial charge in [0.1, 0.15) is 12.4 Å². The van der Waals surface area contributed by atoms with E-state index >= 15 is 0 Å². The minimum absolute atomic E-state index is 0.0326. The van der Waals surface area contributed by atoms with E-state index in [0.717, 1.165) is 4.90 Å². The standard InChI is InChI=1S/C24H16ClFN2O5/c1-13(29)27-15-6-8-16(9-7-15)28-22(30)17-10-5-14(11-18(17)23(28)31)24(32)33-12-19-20(25)3-2-4-21(19)26/h2-11H,12H2,1H3,(H,27,29). The first kappa shape index (κ1) is 22.2. The Labute approximate surface area is 192 Å². The summed E-state index contributed by atoms with van der Waals surface area (Å²) in [5, 5.41) is 2.73. The van der Waals surface area contributed by atoms with Crippen molar-refractivity contribution in [2.24, 2.45) is 0 Å². The van der Waals surface area contributed by atoms with Crippen molar-refractivity contribution in [2.75, 3.05) is 10.2 Å². The molecule has 0 saturated heterocycles. The van der Waals surface area contributed by atoms with Gasteiger partial charge in [-0.15, -0.1) is 0 Å². The predicted octanol–water partition coefficient (Wildman–Crippen LogP) is 4.60. The molecule has 0 aromatic heterocycles. The Morgan fingerprint density at radius 2 is 1.70 bits per heavy atom. The van der Waals surface area contributed by atoms with Crippen molar-refractivity contribution < 1.29 is 28.3 Å². The maximum absolute atomic E-state index is 13.9. The number of nitrogens with zero attached hydrogens (tertiary/aromatic N) is 1. The maximum Gasteiger partial charge on any atom is 0.338 e. The van der Waals surface area contributed by atoms with Gasteiger partial charge >= 0.3 is 5.97 Å². The third kappa shape index (κ3) is 4.33. The SMILES string of the molecule is CC(=O)Nc1ccc(N2C(=O)c3ccc(C(=O)OCc4c(F)cccc4Cl)cc3C2=O)cc1. The number of nitrogens with one attached hydrogen (secondary N) is 1. The van der Waals surface area contributed by atoms with Crippen LogP contribution < -0.4 is 10.2 Å². The number of benzene rings is 3. The van der Waals surface area contributed by atoms with Crippen LogP contribution in [0.1, 0.15) is 43.6 Å². The van der Waals surface area contributed by atoms with E-state index in [0.29, 0.717) is 11.4 Å². The largest absolute Gasteiger partial charge is 0.457 e. The van der Waals surface area contributed by atoms with Crippen LogP contribution in [-0.4, -0.2) is 23.7 Å². The monoisotopic (exact) mass is 466 g/mol. The minimum atomic E-state index is -0.796. The summed E-state index contributed by atoms with van der Waals surface area (Å²) in [6.45, 7) is 0.979.